The fraction of sp³-hybridized carbons (Fsp3) is 0.143. The van der Waals surface area contributed by atoms with Crippen LogP contribution in [0.3, 0.4) is 0 Å². The second-order valence-corrected chi connectivity index (χ2v) is 7.57. The molecule has 0 saturated carbocycles. The standard InChI is InChI=1S/C14H13ClN6O3S/c1-7-18-13(24-21-7)9-6-17-14(20-12(9)16)19-8-3-4-11(10(15)5-8)25(2,22)23/h3-6H,1-2H3,(H3,16,17,19,20). The van der Waals surface area contributed by atoms with Crippen molar-refractivity contribution in [2.24, 2.45) is 0 Å². The molecule has 0 aliphatic heterocycles. The molecule has 0 spiro atoms. The summed E-state index contributed by atoms with van der Waals surface area (Å²) in [5.41, 5.74) is 6.83. The van der Waals surface area contributed by atoms with Crippen molar-refractivity contribution >= 4 is 38.9 Å². The molecular formula is C14H13ClN6O3S. The number of aromatic nitrogens is 4. The number of sulfone groups is 1. The molecule has 0 unspecified atom stereocenters. The van der Waals surface area contributed by atoms with Crippen LogP contribution >= 0.6 is 11.6 Å². The lowest BCUT2D eigenvalue weighted by Crippen LogP contribution is -2.03. The van der Waals surface area contributed by atoms with Crippen LogP contribution < -0.4 is 11.1 Å². The maximum absolute atomic E-state index is 11.6. The highest BCUT2D eigenvalue weighted by molar-refractivity contribution is 7.90. The molecule has 2 heterocycles. The molecule has 3 N–H and O–H groups in total. The van der Waals surface area contributed by atoms with Crippen molar-refractivity contribution in [3.63, 3.8) is 0 Å². The van der Waals surface area contributed by atoms with E-state index in [9.17, 15) is 8.42 Å². The number of anilines is 3. The Hall–Kier alpha value is -2.72. The van der Waals surface area contributed by atoms with E-state index in [1.54, 1.807) is 13.0 Å². The van der Waals surface area contributed by atoms with Gasteiger partial charge in [-0.25, -0.2) is 13.4 Å². The second-order valence-electron chi connectivity index (χ2n) is 5.18. The van der Waals surface area contributed by atoms with E-state index < -0.39 is 9.84 Å². The van der Waals surface area contributed by atoms with E-state index in [0.29, 0.717) is 17.1 Å². The van der Waals surface area contributed by atoms with Gasteiger partial charge in [0.25, 0.3) is 5.89 Å². The van der Waals surface area contributed by atoms with Gasteiger partial charge < -0.3 is 15.6 Å². The Morgan fingerprint density at radius 2 is 2.04 bits per heavy atom. The van der Waals surface area contributed by atoms with Gasteiger partial charge in [0.1, 0.15) is 11.4 Å². The van der Waals surface area contributed by atoms with Crippen molar-refractivity contribution in [1.29, 1.82) is 0 Å². The minimum absolute atomic E-state index is 0.0438. The van der Waals surface area contributed by atoms with E-state index >= 15 is 0 Å². The molecule has 0 amide bonds. The van der Waals surface area contributed by atoms with Crippen LogP contribution in [0.1, 0.15) is 5.82 Å². The predicted octanol–water partition coefficient (Wildman–Crippen LogP) is 2.22. The average molecular weight is 381 g/mol. The normalized spacial score (nSPS) is 11.5. The highest BCUT2D eigenvalue weighted by Crippen LogP contribution is 2.27. The Bertz CT molecular complexity index is 1050. The monoisotopic (exact) mass is 380 g/mol. The minimum atomic E-state index is -3.40. The first-order valence-electron chi connectivity index (χ1n) is 6.94. The number of benzene rings is 1. The van der Waals surface area contributed by atoms with Crippen molar-refractivity contribution < 1.29 is 12.9 Å². The molecule has 11 heteroatoms. The maximum Gasteiger partial charge on any atom is 0.263 e. The zero-order valence-electron chi connectivity index (χ0n) is 13.2. The molecular weight excluding hydrogens is 368 g/mol. The van der Waals surface area contributed by atoms with E-state index in [1.807, 2.05) is 0 Å². The number of nitrogens with two attached hydrogens (primary N) is 1. The molecule has 2 aromatic heterocycles. The van der Waals surface area contributed by atoms with Crippen LogP contribution in [0.2, 0.25) is 5.02 Å². The van der Waals surface area contributed by atoms with Crippen LogP contribution in [0, 0.1) is 6.92 Å². The Labute approximate surface area is 148 Å². The van der Waals surface area contributed by atoms with Gasteiger partial charge in [0.2, 0.25) is 5.95 Å². The number of halogens is 1. The fourth-order valence-corrected chi connectivity index (χ4v) is 3.36. The molecule has 0 aliphatic rings. The first-order chi connectivity index (χ1) is 11.7. The second kappa shape index (κ2) is 6.30. The number of aryl methyl sites for hydroxylation is 1. The van der Waals surface area contributed by atoms with E-state index in [0.717, 1.165) is 6.26 Å². The van der Waals surface area contributed by atoms with Gasteiger partial charge in [-0.15, -0.1) is 0 Å². The lowest BCUT2D eigenvalue weighted by atomic mass is 10.3. The van der Waals surface area contributed by atoms with Crippen molar-refractivity contribution in [2.45, 2.75) is 11.8 Å². The van der Waals surface area contributed by atoms with Crippen LogP contribution in [-0.4, -0.2) is 34.8 Å². The SMILES string of the molecule is Cc1noc(-c2cnc(Nc3ccc(S(C)(=O)=O)c(Cl)c3)nc2N)n1. The Morgan fingerprint density at radius 1 is 1.28 bits per heavy atom. The Morgan fingerprint density at radius 3 is 2.60 bits per heavy atom. The smallest absolute Gasteiger partial charge is 0.263 e. The molecule has 0 atom stereocenters. The number of nitrogen functional groups attached to an aromatic ring is 1. The highest BCUT2D eigenvalue weighted by Gasteiger charge is 2.15. The van der Waals surface area contributed by atoms with Gasteiger partial charge in [0, 0.05) is 18.1 Å². The zero-order chi connectivity index (χ0) is 18.2. The van der Waals surface area contributed by atoms with Gasteiger partial charge in [-0.2, -0.15) is 9.97 Å². The van der Waals surface area contributed by atoms with E-state index in [1.165, 1.54) is 18.3 Å². The summed E-state index contributed by atoms with van der Waals surface area (Å²) < 4.78 is 28.2. The lowest BCUT2D eigenvalue weighted by molar-refractivity contribution is 0.425. The highest BCUT2D eigenvalue weighted by atomic mass is 35.5. The summed E-state index contributed by atoms with van der Waals surface area (Å²) in [4.78, 5) is 12.4. The zero-order valence-corrected chi connectivity index (χ0v) is 14.8. The first kappa shape index (κ1) is 17.1. The van der Waals surface area contributed by atoms with Crippen LogP contribution in [-0.2, 0) is 9.84 Å². The minimum Gasteiger partial charge on any atom is -0.383 e. The quantitative estimate of drug-likeness (QED) is 0.697. The molecule has 0 aliphatic carbocycles. The maximum atomic E-state index is 11.6. The molecule has 3 aromatic rings. The van der Waals surface area contributed by atoms with Gasteiger partial charge in [0.15, 0.2) is 15.7 Å². The lowest BCUT2D eigenvalue weighted by Gasteiger charge is -2.08. The van der Waals surface area contributed by atoms with Gasteiger partial charge in [-0.05, 0) is 25.1 Å². The van der Waals surface area contributed by atoms with Crippen LogP contribution in [0.5, 0.6) is 0 Å². The summed E-state index contributed by atoms with van der Waals surface area (Å²) in [6, 6.07) is 4.42. The van der Waals surface area contributed by atoms with Crippen LogP contribution in [0.4, 0.5) is 17.5 Å². The summed E-state index contributed by atoms with van der Waals surface area (Å²) in [6.07, 6.45) is 2.53. The molecule has 1 aromatic carbocycles. The number of nitrogens with one attached hydrogen (secondary N) is 1. The van der Waals surface area contributed by atoms with Gasteiger partial charge in [0.05, 0.1) is 9.92 Å². The molecule has 0 bridgehead atoms. The van der Waals surface area contributed by atoms with Gasteiger partial charge >= 0.3 is 0 Å². The van der Waals surface area contributed by atoms with E-state index in [4.69, 9.17) is 21.9 Å². The molecule has 130 valence electrons. The van der Waals surface area contributed by atoms with Crippen molar-refractivity contribution in [1.82, 2.24) is 20.1 Å². The molecule has 3 rings (SSSR count). The van der Waals surface area contributed by atoms with Crippen molar-refractivity contribution in [3.8, 4) is 11.5 Å². The Kier molecular flexibility index (Phi) is 4.31. The first-order valence-corrected chi connectivity index (χ1v) is 9.21. The molecule has 25 heavy (non-hydrogen) atoms. The third-order valence-corrected chi connectivity index (χ3v) is 4.74. The number of nitrogens with zero attached hydrogens (tertiary/aromatic N) is 4. The van der Waals surface area contributed by atoms with Crippen molar-refractivity contribution in [2.75, 3.05) is 17.3 Å². The van der Waals surface area contributed by atoms with Gasteiger partial charge in [-0.1, -0.05) is 16.8 Å². The summed E-state index contributed by atoms with van der Waals surface area (Å²) >= 11 is 6.01. The summed E-state index contributed by atoms with van der Waals surface area (Å²) in [5, 5.41) is 6.68. The van der Waals surface area contributed by atoms with E-state index in [-0.39, 0.29) is 27.6 Å². The molecule has 0 radical (unpaired) electrons. The number of hydrogen-bond acceptors (Lipinski definition) is 9. The molecule has 9 nitrogen and oxygen atoms in total. The molecule has 0 fully saturated rings. The number of rotatable bonds is 4. The van der Waals surface area contributed by atoms with Crippen molar-refractivity contribution in [3.05, 3.63) is 35.2 Å². The molecule has 0 saturated heterocycles. The summed E-state index contributed by atoms with van der Waals surface area (Å²) in [5.74, 6) is 1.06. The Balaban J connectivity index is 1.87. The largest absolute Gasteiger partial charge is 0.383 e. The topological polar surface area (TPSA) is 137 Å². The third-order valence-electron chi connectivity index (χ3n) is 3.16. The number of hydrogen-bond donors (Lipinski definition) is 2. The summed E-state index contributed by atoms with van der Waals surface area (Å²) in [7, 11) is -3.40. The van der Waals surface area contributed by atoms with Gasteiger partial charge in [-0.3, -0.25) is 0 Å². The van der Waals surface area contributed by atoms with Crippen LogP contribution in [0.25, 0.3) is 11.5 Å². The van der Waals surface area contributed by atoms with E-state index in [2.05, 4.69) is 25.4 Å². The average Bonchev–Trinajstić information content (AvgIpc) is 2.92. The fourth-order valence-electron chi connectivity index (χ4n) is 2.03. The third kappa shape index (κ3) is 3.69. The van der Waals surface area contributed by atoms with Crippen LogP contribution in [0.15, 0.2) is 33.8 Å². The summed E-state index contributed by atoms with van der Waals surface area (Å²) in [6.45, 7) is 1.68. The predicted molar refractivity (Wildman–Crippen MR) is 92.3 cm³/mol.